The molecule has 108 valence electrons. The lowest BCUT2D eigenvalue weighted by molar-refractivity contribution is 0.244. The van der Waals surface area contributed by atoms with Crippen LogP contribution in [0.3, 0.4) is 0 Å². The van der Waals surface area contributed by atoms with Gasteiger partial charge in [0.15, 0.2) is 0 Å². The van der Waals surface area contributed by atoms with Crippen LogP contribution in [0.15, 0.2) is 36.7 Å². The van der Waals surface area contributed by atoms with Crippen molar-refractivity contribution in [1.82, 2.24) is 14.5 Å². The summed E-state index contributed by atoms with van der Waals surface area (Å²) in [5, 5.41) is 9.16. The van der Waals surface area contributed by atoms with Gasteiger partial charge in [0.2, 0.25) is 0 Å². The molecule has 1 saturated heterocycles. The first-order chi connectivity index (χ1) is 10.3. The van der Waals surface area contributed by atoms with Gasteiger partial charge in [0.05, 0.1) is 11.7 Å². The van der Waals surface area contributed by atoms with E-state index in [-0.39, 0.29) is 0 Å². The van der Waals surface area contributed by atoms with Gasteiger partial charge in [-0.2, -0.15) is 5.26 Å². The molecule has 4 nitrogen and oxygen atoms in total. The fraction of sp³-hybridized carbons (Fsp3) is 0.412. The van der Waals surface area contributed by atoms with E-state index in [0.717, 1.165) is 37.4 Å². The molecule has 0 saturated carbocycles. The molecule has 4 heteroatoms. The Balaban J connectivity index is 1.78. The van der Waals surface area contributed by atoms with E-state index in [1.165, 1.54) is 12.0 Å². The Morgan fingerprint density at radius 2 is 2.33 bits per heavy atom. The molecule has 21 heavy (non-hydrogen) atoms. The average Bonchev–Trinajstić information content (AvgIpc) is 3.14. The first kappa shape index (κ1) is 13.8. The van der Waals surface area contributed by atoms with Gasteiger partial charge in [-0.3, -0.25) is 9.88 Å². The molecule has 0 aliphatic carbocycles. The Labute approximate surface area is 125 Å². The molecule has 1 aliphatic heterocycles. The largest absolute Gasteiger partial charge is 0.339 e. The summed E-state index contributed by atoms with van der Waals surface area (Å²) in [5.74, 6) is 0. The molecule has 0 radical (unpaired) electrons. The Kier molecular flexibility index (Phi) is 4.03. The van der Waals surface area contributed by atoms with Gasteiger partial charge in [-0.15, -0.1) is 0 Å². The van der Waals surface area contributed by atoms with Gasteiger partial charge in [-0.25, -0.2) is 0 Å². The third-order valence-electron chi connectivity index (χ3n) is 4.19. The van der Waals surface area contributed by atoms with Gasteiger partial charge in [0.25, 0.3) is 0 Å². The fourth-order valence-electron chi connectivity index (χ4n) is 3.17. The monoisotopic (exact) mass is 280 g/mol. The van der Waals surface area contributed by atoms with E-state index in [2.05, 4.69) is 41.2 Å². The second kappa shape index (κ2) is 6.11. The Hall–Kier alpha value is -2.12. The van der Waals surface area contributed by atoms with Crippen molar-refractivity contribution in [3.05, 3.63) is 53.6 Å². The molecule has 2 aromatic heterocycles. The summed E-state index contributed by atoms with van der Waals surface area (Å²) in [5.41, 5.74) is 3.13. The lowest BCUT2D eigenvalue weighted by Crippen LogP contribution is -2.23. The SMILES string of the molecule is CCn1cc(CN2CCC[C@H]2c2ccccn2)cc1C#N. The van der Waals surface area contributed by atoms with Gasteiger partial charge in [0.1, 0.15) is 11.8 Å². The van der Waals surface area contributed by atoms with Crippen LogP contribution in [0, 0.1) is 11.3 Å². The van der Waals surface area contributed by atoms with Crippen LogP contribution in [0.5, 0.6) is 0 Å². The summed E-state index contributed by atoms with van der Waals surface area (Å²) in [6, 6.07) is 10.8. The first-order valence-electron chi connectivity index (χ1n) is 7.56. The van der Waals surface area contributed by atoms with Crippen molar-refractivity contribution in [3.63, 3.8) is 0 Å². The van der Waals surface area contributed by atoms with Gasteiger partial charge in [-0.05, 0) is 50.1 Å². The van der Waals surface area contributed by atoms with Crippen LogP contribution in [0.1, 0.15) is 42.8 Å². The van der Waals surface area contributed by atoms with Crippen LogP contribution in [0.25, 0.3) is 0 Å². The van der Waals surface area contributed by atoms with Gasteiger partial charge < -0.3 is 4.57 Å². The third kappa shape index (κ3) is 2.84. The maximum atomic E-state index is 9.16. The second-order valence-electron chi connectivity index (χ2n) is 5.51. The smallest absolute Gasteiger partial charge is 0.120 e. The molecule has 0 unspecified atom stereocenters. The second-order valence-corrected chi connectivity index (χ2v) is 5.51. The Bertz CT molecular complexity index is 639. The number of likely N-dealkylation sites (tertiary alicyclic amines) is 1. The number of nitriles is 1. The summed E-state index contributed by atoms with van der Waals surface area (Å²) in [6.45, 7) is 4.90. The molecular weight excluding hydrogens is 260 g/mol. The van der Waals surface area contributed by atoms with Crippen molar-refractivity contribution in [1.29, 1.82) is 5.26 Å². The van der Waals surface area contributed by atoms with E-state index in [1.54, 1.807) is 0 Å². The molecule has 1 atom stereocenters. The topological polar surface area (TPSA) is 44.9 Å². The van der Waals surface area contributed by atoms with E-state index in [0.29, 0.717) is 6.04 Å². The van der Waals surface area contributed by atoms with Crippen LogP contribution in [-0.4, -0.2) is 21.0 Å². The predicted octanol–water partition coefficient (Wildman–Crippen LogP) is 3.11. The molecule has 0 aromatic carbocycles. The van der Waals surface area contributed by atoms with Crippen molar-refractivity contribution >= 4 is 0 Å². The van der Waals surface area contributed by atoms with Crippen molar-refractivity contribution in [2.24, 2.45) is 0 Å². The third-order valence-corrected chi connectivity index (χ3v) is 4.19. The molecule has 0 bridgehead atoms. The highest BCUT2D eigenvalue weighted by atomic mass is 15.2. The number of pyridine rings is 1. The Morgan fingerprint density at radius 3 is 3.00 bits per heavy atom. The minimum Gasteiger partial charge on any atom is -0.339 e. The summed E-state index contributed by atoms with van der Waals surface area (Å²) in [6.07, 6.45) is 6.34. The number of nitrogens with zero attached hydrogens (tertiary/aromatic N) is 4. The molecule has 0 spiro atoms. The minimum absolute atomic E-state index is 0.404. The molecule has 0 amide bonds. The molecule has 2 aromatic rings. The Morgan fingerprint density at radius 1 is 1.43 bits per heavy atom. The van der Waals surface area contributed by atoms with Crippen molar-refractivity contribution in [2.45, 2.75) is 38.9 Å². The molecule has 1 fully saturated rings. The van der Waals surface area contributed by atoms with Gasteiger partial charge in [0, 0.05) is 25.5 Å². The molecule has 0 N–H and O–H groups in total. The zero-order chi connectivity index (χ0) is 14.7. The van der Waals surface area contributed by atoms with Crippen molar-refractivity contribution in [2.75, 3.05) is 6.54 Å². The standard InChI is InChI=1S/C17H20N4/c1-2-20-12-14(10-15(20)11-18)13-21-9-5-7-17(21)16-6-3-4-8-19-16/h3-4,6,8,10,12,17H,2,5,7,9,13H2,1H3/t17-/m0/s1. The fourth-order valence-corrected chi connectivity index (χ4v) is 3.17. The molecule has 1 aliphatic rings. The van der Waals surface area contributed by atoms with E-state index in [4.69, 9.17) is 5.26 Å². The van der Waals surface area contributed by atoms with Crippen LogP contribution in [0.4, 0.5) is 0 Å². The maximum Gasteiger partial charge on any atom is 0.120 e. The lowest BCUT2D eigenvalue weighted by atomic mass is 10.1. The summed E-state index contributed by atoms with van der Waals surface area (Å²) >= 11 is 0. The van der Waals surface area contributed by atoms with E-state index >= 15 is 0 Å². The number of hydrogen-bond donors (Lipinski definition) is 0. The average molecular weight is 280 g/mol. The minimum atomic E-state index is 0.404. The van der Waals surface area contributed by atoms with Crippen molar-refractivity contribution < 1.29 is 0 Å². The first-order valence-corrected chi connectivity index (χ1v) is 7.56. The highest BCUT2D eigenvalue weighted by Crippen LogP contribution is 2.32. The quantitative estimate of drug-likeness (QED) is 0.864. The number of rotatable bonds is 4. The van der Waals surface area contributed by atoms with Crippen LogP contribution < -0.4 is 0 Å². The van der Waals surface area contributed by atoms with Crippen LogP contribution in [-0.2, 0) is 13.1 Å². The lowest BCUT2D eigenvalue weighted by Gasteiger charge is -2.23. The summed E-state index contributed by atoms with van der Waals surface area (Å²) in [7, 11) is 0. The zero-order valence-corrected chi connectivity index (χ0v) is 12.4. The highest BCUT2D eigenvalue weighted by molar-refractivity contribution is 5.29. The van der Waals surface area contributed by atoms with Crippen molar-refractivity contribution in [3.8, 4) is 6.07 Å². The van der Waals surface area contributed by atoms with Gasteiger partial charge in [-0.1, -0.05) is 6.07 Å². The summed E-state index contributed by atoms with van der Waals surface area (Å²) in [4.78, 5) is 6.98. The predicted molar refractivity (Wildman–Crippen MR) is 81.4 cm³/mol. The normalized spacial score (nSPS) is 18.8. The molecule has 3 rings (SSSR count). The van der Waals surface area contributed by atoms with Crippen LogP contribution >= 0.6 is 0 Å². The van der Waals surface area contributed by atoms with E-state index in [9.17, 15) is 0 Å². The highest BCUT2D eigenvalue weighted by Gasteiger charge is 2.27. The number of hydrogen-bond acceptors (Lipinski definition) is 3. The van der Waals surface area contributed by atoms with E-state index < -0.39 is 0 Å². The molecular formula is C17H20N4. The zero-order valence-electron chi connectivity index (χ0n) is 12.4. The van der Waals surface area contributed by atoms with Crippen LogP contribution in [0.2, 0.25) is 0 Å². The molecule has 3 heterocycles. The van der Waals surface area contributed by atoms with E-state index in [1.807, 2.05) is 22.9 Å². The number of aromatic nitrogens is 2. The summed E-state index contributed by atoms with van der Waals surface area (Å²) < 4.78 is 2.02. The maximum absolute atomic E-state index is 9.16. The number of aryl methyl sites for hydroxylation is 1. The van der Waals surface area contributed by atoms with Gasteiger partial charge >= 0.3 is 0 Å².